The van der Waals surface area contributed by atoms with Crippen molar-refractivity contribution in [2.24, 2.45) is 4.99 Å². The van der Waals surface area contributed by atoms with E-state index >= 15 is 0 Å². The normalized spacial score (nSPS) is 16.5. The Morgan fingerprint density at radius 1 is 1.27 bits per heavy atom. The lowest BCUT2D eigenvalue weighted by Gasteiger charge is -2.21. The van der Waals surface area contributed by atoms with Crippen LogP contribution < -0.4 is 0 Å². The number of allylic oxidation sites excluding steroid dienone is 5. The van der Waals surface area contributed by atoms with Gasteiger partial charge in [0.25, 0.3) is 0 Å². The van der Waals surface area contributed by atoms with Crippen LogP contribution in [0, 0.1) is 6.92 Å². The van der Waals surface area contributed by atoms with Gasteiger partial charge in [0.15, 0.2) is 5.82 Å². The van der Waals surface area contributed by atoms with Crippen molar-refractivity contribution in [3.63, 3.8) is 0 Å². The zero-order chi connectivity index (χ0) is 21.9. The van der Waals surface area contributed by atoms with Gasteiger partial charge in [-0.3, -0.25) is 14.4 Å². The largest absolute Gasteiger partial charge is 0.460 e. The Balaban J connectivity index is 2.21. The summed E-state index contributed by atoms with van der Waals surface area (Å²) in [6.45, 7) is 13.3. The van der Waals surface area contributed by atoms with Crippen LogP contribution in [0.2, 0.25) is 0 Å². The minimum absolute atomic E-state index is 0.0735. The zero-order valence-corrected chi connectivity index (χ0v) is 18.2. The highest BCUT2D eigenvalue weighted by Crippen LogP contribution is 2.33. The lowest BCUT2D eigenvalue weighted by Crippen LogP contribution is -2.25. The van der Waals surface area contributed by atoms with Crippen LogP contribution in [0.15, 0.2) is 65.7 Å². The van der Waals surface area contributed by atoms with Crippen molar-refractivity contribution in [2.45, 2.75) is 52.7 Å². The summed E-state index contributed by atoms with van der Waals surface area (Å²) < 4.78 is 7.53. The number of ether oxygens (including phenoxy) is 1. The van der Waals surface area contributed by atoms with Gasteiger partial charge >= 0.3 is 5.97 Å². The molecule has 0 saturated heterocycles. The number of esters is 1. The Morgan fingerprint density at radius 2 is 2.00 bits per heavy atom. The Hall–Kier alpha value is -3.28. The monoisotopic (exact) mass is 404 g/mol. The van der Waals surface area contributed by atoms with Crippen LogP contribution in [-0.2, 0) is 9.53 Å². The molecule has 3 rings (SSSR count). The second kappa shape index (κ2) is 8.61. The molecule has 0 spiro atoms. The van der Waals surface area contributed by atoms with E-state index in [0.717, 1.165) is 28.4 Å². The van der Waals surface area contributed by atoms with Crippen molar-refractivity contribution in [3.05, 3.63) is 77.9 Å². The van der Waals surface area contributed by atoms with E-state index in [1.165, 1.54) is 0 Å². The molecule has 1 aliphatic rings. The van der Waals surface area contributed by atoms with Gasteiger partial charge in [-0.2, -0.15) is 0 Å². The van der Waals surface area contributed by atoms with Gasteiger partial charge in [-0.1, -0.05) is 49.1 Å². The van der Waals surface area contributed by atoms with Gasteiger partial charge < -0.3 is 4.74 Å². The zero-order valence-electron chi connectivity index (χ0n) is 18.2. The maximum absolute atomic E-state index is 12.7. The smallest absolute Gasteiger partial charge is 0.308 e. The number of hydrogen-bond acceptors (Lipinski definition) is 5. The number of para-hydroxylation sites is 1. The molecule has 0 N–H and O–H groups in total. The van der Waals surface area contributed by atoms with Gasteiger partial charge in [-0.25, -0.2) is 0 Å². The minimum atomic E-state index is -0.570. The second-order valence-corrected chi connectivity index (χ2v) is 8.10. The van der Waals surface area contributed by atoms with E-state index in [2.05, 4.69) is 16.8 Å². The molecule has 0 bridgehead atoms. The van der Waals surface area contributed by atoms with E-state index < -0.39 is 11.6 Å². The van der Waals surface area contributed by atoms with E-state index in [-0.39, 0.29) is 12.4 Å². The van der Waals surface area contributed by atoms with E-state index in [1.807, 2.05) is 81.7 Å². The standard InChI is InChI=1S/C24H28N4O2/c1-7-11-17(12-8-2)22-18-13-9-10-14-20(18)28-16(3)26-27-23(28)19(25-22)15-21(29)30-24(4,5)6/h7-14,19H,1,15H2,2-6H3/b12-8-,17-11+/t19-/m0/s1. The molecule has 1 atom stereocenters. The van der Waals surface area contributed by atoms with Crippen molar-refractivity contribution < 1.29 is 9.53 Å². The number of nitrogens with zero attached hydrogens (tertiary/aromatic N) is 4. The molecule has 156 valence electrons. The van der Waals surface area contributed by atoms with Crippen LogP contribution in [0.4, 0.5) is 0 Å². The number of carbonyl (C=O) groups excluding carboxylic acids is 1. The summed E-state index contributed by atoms with van der Waals surface area (Å²) in [5.74, 6) is 1.04. The highest BCUT2D eigenvalue weighted by molar-refractivity contribution is 6.16. The first-order valence-electron chi connectivity index (χ1n) is 10.0. The Morgan fingerprint density at radius 3 is 2.67 bits per heavy atom. The predicted molar refractivity (Wildman–Crippen MR) is 119 cm³/mol. The molecule has 0 saturated carbocycles. The Kier molecular flexibility index (Phi) is 6.15. The first-order chi connectivity index (χ1) is 14.2. The lowest BCUT2D eigenvalue weighted by molar-refractivity contribution is -0.155. The quantitative estimate of drug-likeness (QED) is 0.528. The van der Waals surface area contributed by atoms with Gasteiger partial charge in [-0.05, 0) is 40.7 Å². The minimum Gasteiger partial charge on any atom is -0.460 e. The fourth-order valence-electron chi connectivity index (χ4n) is 3.47. The number of carbonyl (C=O) groups is 1. The van der Waals surface area contributed by atoms with Crippen molar-refractivity contribution in [1.82, 2.24) is 14.8 Å². The van der Waals surface area contributed by atoms with Gasteiger partial charge in [0.2, 0.25) is 0 Å². The van der Waals surface area contributed by atoms with E-state index in [0.29, 0.717) is 5.82 Å². The highest BCUT2D eigenvalue weighted by Gasteiger charge is 2.31. The average Bonchev–Trinajstić information content (AvgIpc) is 2.98. The summed E-state index contributed by atoms with van der Waals surface area (Å²) in [4.78, 5) is 17.7. The third-order valence-electron chi connectivity index (χ3n) is 4.53. The number of fused-ring (bicyclic) bond motifs is 3. The summed E-state index contributed by atoms with van der Waals surface area (Å²) in [6, 6.07) is 7.46. The third kappa shape index (κ3) is 4.48. The predicted octanol–water partition coefficient (Wildman–Crippen LogP) is 4.84. The summed E-state index contributed by atoms with van der Waals surface area (Å²) in [5, 5.41) is 8.63. The van der Waals surface area contributed by atoms with E-state index in [9.17, 15) is 4.79 Å². The highest BCUT2D eigenvalue weighted by atomic mass is 16.6. The van der Waals surface area contributed by atoms with Gasteiger partial charge in [-0.15, -0.1) is 10.2 Å². The summed E-state index contributed by atoms with van der Waals surface area (Å²) >= 11 is 0. The Labute approximate surface area is 177 Å². The van der Waals surface area contributed by atoms with Gasteiger partial charge in [0.1, 0.15) is 17.5 Å². The molecule has 1 aliphatic heterocycles. The third-order valence-corrected chi connectivity index (χ3v) is 4.53. The van der Waals surface area contributed by atoms with Crippen LogP contribution in [0.3, 0.4) is 0 Å². The first-order valence-corrected chi connectivity index (χ1v) is 10.0. The summed E-state index contributed by atoms with van der Waals surface area (Å²) in [6.07, 6.45) is 7.67. The van der Waals surface area contributed by atoms with Crippen molar-refractivity contribution in [3.8, 4) is 5.69 Å². The van der Waals surface area contributed by atoms with Crippen molar-refractivity contribution >= 4 is 11.7 Å². The fourth-order valence-corrected chi connectivity index (χ4v) is 3.47. The van der Waals surface area contributed by atoms with Crippen molar-refractivity contribution in [1.29, 1.82) is 0 Å². The van der Waals surface area contributed by atoms with Crippen LogP contribution in [0.25, 0.3) is 5.69 Å². The Bertz CT molecular complexity index is 1050. The molecule has 30 heavy (non-hydrogen) atoms. The van der Waals surface area contributed by atoms with Crippen LogP contribution in [0.1, 0.15) is 57.4 Å². The average molecular weight is 405 g/mol. The number of rotatable bonds is 5. The molecule has 6 heteroatoms. The first kappa shape index (κ1) is 21.4. The number of aromatic nitrogens is 3. The molecule has 1 aromatic carbocycles. The summed E-state index contributed by atoms with van der Waals surface area (Å²) in [7, 11) is 0. The maximum Gasteiger partial charge on any atom is 0.308 e. The van der Waals surface area contributed by atoms with E-state index in [4.69, 9.17) is 9.73 Å². The molecule has 2 aromatic rings. The van der Waals surface area contributed by atoms with Crippen LogP contribution >= 0.6 is 0 Å². The van der Waals surface area contributed by atoms with Crippen LogP contribution in [0.5, 0.6) is 0 Å². The van der Waals surface area contributed by atoms with Gasteiger partial charge in [0, 0.05) is 11.1 Å². The molecule has 0 amide bonds. The number of aryl methyl sites for hydroxylation is 1. The van der Waals surface area contributed by atoms with Crippen LogP contribution in [-0.4, -0.2) is 32.0 Å². The molecule has 2 heterocycles. The molecule has 6 nitrogen and oxygen atoms in total. The maximum atomic E-state index is 12.7. The number of hydrogen-bond donors (Lipinski definition) is 0. The fraction of sp³-hybridized carbons (Fsp3) is 0.333. The summed E-state index contributed by atoms with van der Waals surface area (Å²) in [5.41, 5.74) is 2.99. The molecule has 0 radical (unpaired) electrons. The molecule has 0 fully saturated rings. The molecule has 1 aromatic heterocycles. The molecule has 0 unspecified atom stereocenters. The SMILES string of the molecule is C=C/C=C(\C=C/C)C1=N[C@@H](CC(=O)OC(C)(C)C)c2nnc(C)n2-c2ccccc21. The molecule has 0 aliphatic carbocycles. The number of benzene rings is 1. The number of aliphatic imine (C=N–C) groups is 1. The lowest BCUT2D eigenvalue weighted by atomic mass is 9.99. The topological polar surface area (TPSA) is 69.4 Å². The van der Waals surface area contributed by atoms with Crippen molar-refractivity contribution in [2.75, 3.05) is 0 Å². The second-order valence-electron chi connectivity index (χ2n) is 8.10. The molecular weight excluding hydrogens is 376 g/mol. The molecular formula is C24H28N4O2. The van der Waals surface area contributed by atoms with E-state index in [1.54, 1.807) is 6.08 Å². The van der Waals surface area contributed by atoms with Gasteiger partial charge in [0.05, 0.1) is 17.8 Å².